The Balaban J connectivity index is 1.26. The normalized spacial score (nSPS) is 10.8. The number of nitrogen functional groups attached to an aromatic ring is 2. The number of nitrogens with two attached hydrogens (primary N) is 2. The van der Waals surface area contributed by atoms with Crippen LogP contribution >= 0.6 is 0 Å². The van der Waals surface area contributed by atoms with Gasteiger partial charge in [0.15, 0.2) is 11.6 Å². The van der Waals surface area contributed by atoms with Crippen molar-refractivity contribution in [2.45, 2.75) is 0 Å². The first kappa shape index (κ1) is 26.3. The zero-order valence-corrected chi connectivity index (χ0v) is 22.5. The van der Waals surface area contributed by atoms with Crippen LogP contribution < -0.4 is 20.9 Å². The molecular formula is C36H26N2O4. The molecule has 6 rings (SSSR count). The summed E-state index contributed by atoms with van der Waals surface area (Å²) in [6.45, 7) is 0. The Morgan fingerprint density at radius 2 is 0.833 bits per heavy atom. The number of ether oxygens (including phenoxy) is 2. The number of benzene rings is 6. The first-order valence-electron chi connectivity index (χ1n) is 13.3. The Morgan fingerprint density at radius 3 is 1.24 bits per heavy atom. The van der Waals surface area contributed by atoms with Gasteiger partial charge in [0.1, 0.15) is 23.0 Å². The first-order chi connectivity index (χ1) is 20.4. The molecule has 0 aromatic heterocycles. The molecule has 6 aromatic rings. The standard InChI is InChI=1S/C36H26N2O4/c37-27-13-17-29(18-14-27)41-33-7-3-1-5-31(33)35(39)25-11-9-24-22-26(12-10-23(24)21-25)36(40)32-6-2-4-8-34(32)42-30-19-15-28(38)16-20-30/h1-22H,37-38H2. The first-order valence-corrected chi connectivity index (χ1v) is 13.3. The van der Waals surface area contributed by atoms with E-state index >= 15 is 0 Å². The fourth-order valence-corrected chi connectivity index (χ4v) is 4.65. The van der Waals surface area contributed by atoms with Crippen LogP contribution in [0.2, 0.25) is 0 Å². The SMILES string of the molecule is Nc1ccc(Oc2ccccc2C(=O)c2ccc3cc(C(=O)c4ccccc4Oc4ccc(N)cc4)ccc3c2)cc1. The van der Waals surface area contributed by atoms with E-state index in [1.807, 2.05) is 36.4 Å². The van der Waals surface area contributed by atoms with E-state index < -0.39 is 0 Å². The van der Waals surface area contributed by atoms with E-state index in [1.54, 1.807) is 97.1 Å². The molecule has 6 nitrogen and oxygen atoms in total. The lowest BCUT2D eigenvalue weighted by Crippen LogP contribution is -2.05. The zero-order valence-electron chi connectivity index (χ0n) is 22.5. The molecule has 0 saturated carbocycles. The highest BCUT2D eigenvalue weighted by molar-refractivity contribution is 6.14. The minimum Gasteiger partial charge on any atom is -0.457 e. The van der Waals surface area contributed by atoms with Gasteiger partial charge in [-0.15, -0.1) is 0 Å². The van der Waals surface area contributed by atoms with Crippen LogP contribution in [-0.4, -0.2) is 11.6 Å². The predicted octanol–water partition coefficient (Wildman–Crippen LogP) is 8.05. The smallest absolute Gasteiger partial charge is 0.196 e. The topological polar surface area (TPSA) is 105 Å². The summed E-state index contributed by atoms with van der Waals surface area (Å²) in [5, 5.41) is 1.67. The van der Waals surface area contributed by atoms with Crippen LogP contribution in [0.5, 0.6) is 23.0 Å². The Kier molecular flexibility index (Phi) is 7.10. The summed E-state index contributed by atoms with van der Waals surface area (Å²) in [5.74, 6) is 1.73. The molecule has 0 spiro atoms. The quantitative estimate of drug-likeness (QED) is 0.147. The minimum absolute atomic E-state index is 0.170. The number of carbonyl (C=O) groups is 2. The average Bonchev–Trinajstić information content (AvgIpc) is 3.02. The molecule has 0 aliphatic carbocycles. The molecule has 204 valence electrons. The largest absolute Gasteiger partial charge is 0.457 e. The molecule has 0 heterocycles. The van der Waals surface area contributed by atoms with E-state index in [-0.39, 0.29) is 11.6 Å². The van der Waals surface area contributed by atoms with Crippen molar-refractivity contribution in [2.24, 2.45) is 0 Å². The molecule has 0 atom stereocenters. The van der Waals surface area contributed by atoms with Crippen LogP contribution in [0.4, 0.5) is 11.4 Å². The molecule has 0 unspecified atom stereocenters. The lowest BCUT2D eigenvalue weighted by molar-refractivity contribution is 0.102. The second-order valence-electron chi connectivity index (χ2n) is 9.77. The predicted molar refractivity (Wildman–Crippen MR) is 166 cm³/mol. The number of anilines is 2. The van der Waals surface area contributed by atoms with Gasteiger partial charge >= 0.3 is 0 Å². The zero-order chi connectivity index (χ0) is 29.1. The fourth-order valence-electron chi connectivity index (χ4n) is 4.65. The Morgan fingerprint density at radius 1 is 0.452 bits per heavy atom. The van der Waals surface area contributed by atoms with Crippen molar-refractivity contribution in [1.82, 2.24) is 0 Å². The summed E-state index contributed by atoms with van der Waals surface area (Å²) in [7, 11) is 0. The molecule has 6 aromatic carbocycles. The number of hydrogen-bond donors (Lipinski definition) is 2. The molecule has 0 aliphatic heterocycles. The number of ketones is 2. The van der Waals surface area contributed by atoms with Crippen molar-refractivity contribution in [3.05, 3.63) is 156 Å². The van der Waals surface area contributed by atoms with Crippen LogP contribution in [0.25, 0.3) is 10.8 Å². The monoisotopic (exact) mass is 550 g/mol. The van der Waals surface area contributed by atoms with E-state index in [1.165, 1.54) is 0 Å². The van der Waals surface area contributed by atoms with Crippen molar-refractivity contribution in [3.8, 4) is 23.0 Å². The highest BCUT2D eigenvalue weighted by atomic mass is 16.5. The van der Waals surface area contributed by atoms with Gasteiger partial charge in [-0.25, -0.2) is 0 Å². The van der Waals surface area contributed by atoms with Crippen molar-refractivity contribution in [3.63, 3.8) is 0 Å². The van der Waals surface area contributed by atoms with Gasteiger partial charge in [0, 0.05) is 22.5 Å². The lowest BCUT2D eigenvalue weighted by atomic mass is 9.96. The van der Waals surface area contributed by atoms with Gasteiger partial charge in [0.05, 0.1) is 11.1 Å². The number of para-hydroxylation sites is 2. The molecule has 0 fully saturated rings. The van der Waals surface area contributed by atoms with Crippen LogP contribution in [0, 0.1) is 0 Å². The van der Waals surface area contributed by atoms with Crippen molar-refractivity contribution in [2.75, 3.05) is 11.5 Å². The molecular weight excluding hydrogens is 524 g/mol. The molecule has 6 heteroatoms. The van der Waals surface area contributed by atoms with Gasteiger partial charge in [-0.05, 0) is 95.7 Å². The van der Waals surface area contributed by atoms with Gasteiger partial charge in [-0.1, -0.05) is 48.5 Å². The highest BCUT2D eigenvalue weighted by Crippen LogP contribution is 2.31. The summed E-state index contributed by atoms with van der Waals surface area (Å²) in [6, 6.07) is 39.1. The van der Waals surface area contributed by atoms with Crippen LogP contribution in [0.1, 0.15) is 31.8 Å². The maximum Gasteiger partial charge on any atom is 0.196 e. The van der Waals surface area contributed by atoms with E-state index in [0.717, 1.165) is 10.8 Å². The Labute approximate surface area is 242 Å². The second kappa shape index (κ2) is 11.3. The van der Waals surface area contributed by atoms with Crippen molar-refractivity contribution in [1.29, 1.82) is 0 Å². The van der Waals surface area contributed by atoms with E-state index in [2.05, 4.69) is 0 Å². The van der Waals surface area contributed by atoms with Gasteiger partial charge in [0.25, 0.3) is 0 Å². The van der Waals surface area contributed by atoms with Crippen LogP contribution in [0.3, 0.4) is 0 Å². The van der Waals surface area contributed by atoms with Gasteiger partial charge < -0.3 is 20.9 Å². The molecule has 0 aliphatic rings. The molecule has 0 radical (unpaired) electrons. The molecule has 0 saturated heterocycles. The summed E-state index contributed by atoms with van der Waals surface area (Å²) in [5.41, 5.74) is 14.7. The summed E-state index contributed by atoms with van der Waals surface area (Å²) >= 11 is 0. The van der Waals surface area contributed by atoms with Gasteiger partial charge in [-0.2, -0.15) is 0 Å². The van der Waals surface area contributed by atoms with Gasteiger partial charge in [-0.3, -0.25) is 9.59 Å². The average molecular weight is 551 g/mol. The number of hydrogen-bond acceptors (Lipinski definition) is 6. The van der Waals surface area contributed by atoms with Crippen LogP contribution in [-0.2, 0) is 0 Å². The summed E-state index contributed by atoms with van der Waals surface area (Å²) in [4.78, 5) is 27.1. The lowest BCUT2D eigenvalue weighted by Gasteiger charge is -2.12. The molecule has 0 bridgehead atoms. The third kappa shape index (κ3) is 5.55. The number of rotatable bonds is 8. The maximum absolute atomic E-state index is 13.5. The maximum atomic E-state index is 13.5. The molecule has 0 amide bonds. The Hall–Kier alpha value is -5.88. The van der Waals surface area contributed by atoms with E-state index in [0.29, 0.717) is 56.6 Å². The van der Waals surface area contributed by atoms with Gasteiger partial charge in [0.2, 0.25) is 0 Å². The highest BCUT2D eigenvalue weighted by Gasteiger charge is 2.18. The molecule has 42 heavy (non-hydrogen) atoms. The minimum atomic E-state index is -0.170. The number of carbonyl (C=O) groups excluding carboxylic acids is 2. The Bertz CT molecular complexity index is 1790. The van der Waals surface area contributed by atoms with E-state index in [4.69, 9.17) is 20.9 Å². The summed E-state index contributed by atoms with van der Waals surface area (Å²) < 4.78 is 12.0. The second-order valence-corrected chi connectivity index (χ2v) is 9.77. The fraction of sp³-hybridized carbons (Fsp3) is 0. The van der Waals surface area contributed by atoms with Crippen molar-refractivity contribution >= 4 is 33.7 Å². The summed E-state index contributed by atoms with van der Waals surface area (Å²) in [6.07, 6.45) is 0. The van der Waals surface area contributed by atoms with E-state index in [9.17, 15) is 9.59 Å². The number of fused-ring (bicyclic) bond motifs is 1. The van der Waals surface area contributed by atoms with Crippen molar-refractivity contribution < 1.29 is 19.1 Å². The molecule has 4 N–H and O–H groups in total. The third-order valence-electron chi connectivity index (χ3n) is 6.84. The third-order valence-corrected chi connectivity index (χ3v) is 6.84. The van der Waals surface area contributed by atoms with Crippen LogP contribution in [0.15, 0.2) is 133 Å².